The second-order valence-corrected chi connectivity index (χ2v) is 5.93. The second-order valence-electron chi connectivity index (χ2n) is 5.93. The van der Waals surface area contributed by atoms with Crippen LogP contribution in [0.1, 0.15) is 50.6 Å². The highest BCUT2D eigenvalue weighted by atomic mass is 19.1. The van der Waals surface area contributed by atoms with Crippen molar-refractivity contribution in [3.8, 4) is 6.07 Å². The number of nitrogens with one attached hydrogen (secondary N) is 2. The van der Waals surface area contributed by atoms with Crippen molar-refractivity contribution in [2.24, 2.45) is 0 Å². The fourth-order valence-corrected chi connectivity index (χ4v) is 2.91. The molecule has 118 valence electrons. The van der Waals surface area contributed by atoms with Gasteiger partial charge in [-0.15, -0.1) is 0 Å². The van der Waals surface area contributed by atoms with Gasteiger partial charge in [-0.3, -0.25) is 4.79 Å². The molecule has 5 heteroatoms. The number of halogens is 1. The van der Waals surface area contributed by atoms with Crippen LogP contribution in [0.4, 0.5) is 4.39 Å². The predicted molar refractivity (Wildman–Crippen MR) is 82.4 cm³/mol. The van der Waals surface area contributed by atoms with E-state index in [1.807, 2.05) is 6.92 Å². The monoisotopic (exact) mass is 303 g/mol. The van der Waals surface area contributed by atoms with E-state index >= 15 is 0 Å². The predicted octanol–water partition coefficient (Wildman–Crippen LogP) is 2.82. The normalized spacial score (nSPS) is 18.2. The first kappa shape index (κ1) is 16.4. The summed E-state index contributed by atoms with van der Waals surface area (Å²) in [7, 11) is 0. The Morgan fingerprint density at radius 2 is 2.05 bits per heavy atom. The van der Waals surface area contributed by atoms with Gasteiger partial charge in [-0.25, -0.2) is 4.39 Å². The summed E-state index contributed by atoms with van der Waals surface area (Å²) >= 11 is 0. The van der Waals surface area contributed by atoms with Gasteiger partial charge in [0, 0.05) is 11.6 Å². The Labute approximate surface area is 130 Å². The van der Waals surface area contributed by atoms with E-state index in [2.05, 4.69) is 16.7 Å². The van der Waals surface area contributed by atoms with E-state index in [1.165, 1.54) is 6.07 Å². The van der Waals surface area contributed by atoms with Crippen molar-refractivity contribution >= 4 is 5.91 Å². The number of carbonyl (C=O) groups is 1. The van der Waals surface area contributed by atoms with Crippen LogP contribution in [0.5, 0.6) is 0 Å². The van der Waals surface area contributed by atoms with Crippen molar-refractivity contribution in [2.75, 3.05) is 6.54 Å². The fourth-order valence-electron chi connectivity index (χ4n) is 2.91. The molecular weight excluding hydrogens is 281 g/mol. The first-order chi connectivity index (χ1) is 10.6. The molecule has 1 aliphatic rings. The Morgan fingerprint density at radius 1 is 1.36 bits per heavy atom. The molecule has 0 saturated heterocycles. The van der Waals surface area contributed by atoms with Crippen LogP contribution >= 0.6 is 0 Å². The lowest BCUT2D eigenvalue weighted by atomic mass is 9.83. The first-order valence-corrected chi connectivity index (χ1v) is 7.76. The van der Waals surface area contributed by atoms with Gasteiger partial charge in [-0.1, -0.05) is 37.5 Å². The SMILES string of the molecule is CC(NCC(=O)NC1(C#N)CCCCC1)c1ccccc1F. The third-order valence-electron chi connectivity index (χ3n) is 4.24. The summed E-state index contributed by atoms with van der Waals surface area (Å²) in [5, 5.41) is 15.2. The van der Waals surface area contributed by atoms with E-state index in [-0.39, 0.29) is 24.3 Å². The summed E-state index contributed by atoms with van der Waals surface area (Å²) in [6, 6.07) is 8.49. The summed E-state index contributed by atoms with van der Waals surface area (Å²) in [4.78, 5) is 12.1. The summed E-state index contributed by atoms with van der Waals surface area (Å²) in [6.07, 6.45) is 4.46. The Kier molecular flexibility index (Phi) is 5.51. The summed E-state index contributed by atoms with van der Waals surface area (Å²) in [5.74, 6) is -0.504. The number of amides is 1. The Hall–Kier alpha value is -1.93. The number of hydrogen-bond acceptors (Lipinski definition) is 3. The van der Waals surface area contributed by atoms with Crippen LogP contribution in [-0.2, 0) is 4.79 Å². The van der Waals surface area contributed by atoms with Crippen LogP contribution in [0, 0.1) is 17.1 Å². The number of nitrogens with zero attached hydrogens (tertiary/aromatic N) is 1. The summed E-state index contributed by atoms with van der Waals surface area (Å²) < 4.78 is 13.7. The molecular formula is C17H22FN3O. The average Bonchev–Trinajstić information content (AvgIpc) is 2.54. The molecule has 1 aromatic carbocycles. The molecule has 2 N–H and O–H groups in total. The van der Waals surface area contributed by atoms with Crippen LogP contribution in [0.15, 0.2) is 24.3 Å². The average molecular weight is 303 g/mol. The van der Waals surface area contributed by atoms with Gasteiger partial charge < -0.3 is 10.6 Å². The van der Waals surface area contributed by atoms with Gasteiger partial charge in [0.1, 0.15) is 11.4 Å². The Morgan fingerprint density at radius 3 is 2.68 bits per heavy atom. The second kappa shape index (κ2) is 7.37. The third kappa shape index (κ3) is 4.05. The van der Waals surface area contributed by atoms with Gasteiger partial charge in [-0.2, -0.15) is 5.26 Å². The van der Waals surface area contributed by atoms with E-state index < -0.39 is 5.54 Å². The molecule has 1 saturated carbocycles. The van der Waals surface area contributed by atoms with Crippen molar-refractivity contribution in [1.29, 1.82) is 5.26 Å². The van der Waals surface area contributed by atoms with E-state index in [0.717, 1.165) is 19.3 Å². The molecule has 0 radical (unpaired) electrons. The number of hydrogen-bond donors (Lipinski definition) is 2. The number of nitriles is 1. The molecule has 1 fully saturated rings. The Balaban J connectivity index is 1.87. The quantitative estimate of drug-likeness (QED) is 0.879. The first-order valence-electron chi connectivity index (χ1n) is 7.76. The topological polar surface area (TPSA) is 64.9 Å². The molecule has 0 bridgehead atoms. The lowest BCUT2D eigenvalue weighted by molar-refractivity contribution is -0.122. The van der Waals surface area contributed by atoms with E-state index in [4.69, 9.17) is 0 Å². The van der Waals surface area contributed by atoms with Gasteiger partial charge in [0.15, 0.2) is 0 Å². The molecule has 1 unspecified atom stereocenters. The molecule has 22 heavy (non-hydrogen) atoms. The van der Waals surface area contributed by atoms with Gasteiger partial charge >= 0.3 is 0 Å². The van der Waals surface area contributed by atoms with Crippen molar-refractivity contribution in [3.05, 3.63) is 35.6 Å². The molecule has 0 heterocycles. The summed E-state index contributed by atoms with van der Waals surface area (Å²) in [6.45, 7) is 1.88. The van der Waals surface area contributed by atoms with Gasteiger partial charge in [0.05, 0.1) is 12.6 Å². The lowest BCUT2D eigenvalue weighted by Gasteiger charge is -2.31. The maximum atomic E-state index is 13.7. The number of rotatable bonds is 5. The maximum absolute atomic E-state index is 13.7. The molecule has 1 aliphatic carbocycles. The standard InChI is InChI=1S/C17H22FN3O/c1-13(14-7-3-4-8-15(14)18)20-11-16(22)21-17(12-19)9-5-2-6-10-17/h3-4,7-8,13,20H,2,5-6,9-11H2,1H3,(H,21,22). The van der Waals surface area contributed by atoms with Gasteiger partial charge in [0.25, 0.3) is 0 Å². The van der Waals surface area contributed by atoms with Crippen molar-refractivity contribution < 1.29 is 9.18 Å². The summed E-state index contributed by atoms with van der Waals surface area (Å²) in [5.41, 5.74) is -0.193. The smallest absolute Gasteiger partial charge is 0.235 e. The largest absolute Gasteiger partial charge is 0.337 e. The lowest BCUT2D eigenvalue weighted by Crippen LogP contribution is -2.51. The minimum Gasteiger partial charge on any atom is -0.337 e. The zero-order chi connectivity index (χ0) is 16.0. The number of carbonyl (C=O) groups excluding carboxylic acids is 1. The maximum Gasteiger partial charge on any atom is 0.235 e. The van der Waals surface area contributed by atoms with Crippen LogP contribution in [0.25, 0.3) is 0 Å². The zero-order valence-corrected chi connectivity index (χ0v) is 12.9. The van der Waals surface area contributed by atoms with Crippen LogP contribution in [-0.4, -0.2) is 18.0 Å². The molecule has 1 atom stereocenters. The molecule has 2 rings (SSSR count). The third-order valence-corrected chi connectivity index (χ3v) is 4.24. The van der Waals surface area contributed by atoms with Crippen LogP contribution in [0.3, 0.4) is 0 Å². The highest BCUT2D eigenvalue weighted by Crippen LogP contribution is 2.27. The molecule has 1 aromatic rings. The van der Waals surface area contributed by atoms with E-state index in [0.29, 0.717) is 18.4 Å². The number of benzene rings is 1. The minimum absolute atomic E-state index is 0.0684. The zero-order valence-electron chi connectivity index (χ0n) is 12.9. The van der Waals surface area contributed by atoms with Crippen LogP contribution in [0.2, 0.25) is 0 Å². The molecule has 0 aliphatic heterocycles. The van der Waals surface area contributed by atoms with Crippen molar-refractivity contribution in [2.45, 2.75) is 50.6 Å². The van der Waals surface area contributed by atoms with Crippen LogP contribution < -0.4 is 10.6 Å². The van der Waals surface area contributed by atoms with Crippen molar-refractivity contribution in [1.82, 2.24) is 10.6 Å². The molecule has 0 aromatic heterocycles. The van der Waals surface area contributed by atoms with E-state index in [1.54, 1.807) is 18.2 Å². The van der Waals surface area contributed by atoms with Gasteiger partial charge in [-0.05, 0) is 25.8 Å². The Bertz CT molecular complexity index is 561. The minimum atomic E-state index is -0.724. The van der Waals surface area contributed by atoms with Gasteiger partial charge in [0.2, 0.25) is 5.91 Å². The molecule has 0 spiro atoms. The highest BCUT2D eigenvalue weighted by molar-refractivity contribution is 5.79. The van der Waals surface area contributed by atoms with E-state index in [9.17, 15) is 14.4 Å². The molecule has 1 amide bonds. The molecule has 4 nitrogen and oxygen atoms in total. The highest BCUT2D eigenvalue weighted by Gasteiger charge is 2.33. The fraction of sp³-hybridized carbons (Fsp3) is 0.529. The van der Waals surface area contributed by atoms with Crippen molar-refractivity contribution in [3.63, 3.8) is 0 Å².